The summed E-state index contributed by atoms with van der Waals surface area (Å²) >= 11 is 0. The van der Waals surface area contributed by atoms with E-state index in [4.69, 9.17) is 0 Å². The second kappa shape index (κ2) is 4.70. The quantitative estimate of drug-likeness (QED) is 0.769. The first-order valence-corrected chi connectivity index (χ1v) is 6.75. The van der Waals surface area contributed by atoms with E-state index in [1.807, 2.05) is 12.1 Å². The van der Waals surface area contributed by atoms with Crippen LogP contribution in [-0.4, -0.2) is 30.0 Å². The summed E-state index contributed by atoms with van der Waals surface area (Å²) in [6.45, 7) is 6.03. The molecule has 1 aromatic carbocycles. The van der Waals surface area contributed by atoms with Crippen molar-refractivity contribution in [2.24, 2.45) is 0 Å². The van der Waals surface area contributed by atoms with Crippen molar-refractivity contribution >= 4 is 16.8 Å². The van der Waals surface area contributed by atoms with E-state index in [0.717, 1.165) is 30.4 Å². The minimum Gasteiger partial charge on any atom is -0.351 e. The molecule has 1 amide bonds. The molecule has 0 aliphatic carbocycles. The summed E-state index contributed by atoms with van der Waals surface area (Å²) in [5.41, 5.74) is 4.15. The van der Waals surface area contributed by atoms with Crippen LogP contribution < -0.4 is 10.6 Å². The Hall–Kier alpha value is -1.81. The van der Waals surface area contributed by atoms with Crippen molar-refractivity contribution < 1.29 is 4.79 Å². The Morgan fingerprint density at radius 1 is 1.37 bits per heavy atom. The predicted octanol–water partition coefficient (Wildman–Crippen LogP) is 1.88. The van der Waals surface area contributed by atoms with Crippen molar-refractivity contribution in [3.63, 3.8) is 0 Å². The number of hydrogen-bond acceptors (Lipinski definition) is 2. The summed E-state index contributed by atoms with van der Waals surface area (Å²) in [6.07, 6.45) is 1.00. The monoisotopic (exact) mass is 257 g/mol. The van der Waals surface area contributed by atoms with Crippen LogP contribution >= 0.6 is 0 Å². The van der Waals surface area contributed by atoms with Crippen LogP contribution in [0.1, 0.15) is 28.0 Å². The Kier molecular flexibility index (Phi) is 3.03. The maximum absolute atomic E-state index is 12.2. The molecule has 1 unspecified atom stereocenters. The van der Waals surface area contributed by atoms with Crippen LogP contribution in [0.25, 0.3) is 10.9 Å². The number of H-pyrrole nitrogens is 1. The van der Waals surface area contributed by atoms with Gasteiger partial charge in [-0.25, -0.2) is 0 Å². The van der Waals surface area contributed by atoms with Gasteiger partial charge in [0.25, 0.3) is 5.91 Å². The molecule has 1 aromatic heterocycles. The van der Waals surface area contributed by atoms with E-state index in [9.17, 15) is 4.79 Å². The largest absolute Gasteiger partial charge is 0.351 e. The highest BCUT2D eigenvalue weighted by atomic mass is 16.1. The molecular formula is C15H19N3O. The molecule has 1 aliphatic heterocycles. The fraction of sp³-hybridized carbons (Fsp3) is 0.400. The number of hydrogen-bond donors (Lipinski definition) is 3. The molecule has 3 N–H and O–H groups in total. The minimum absolute atomic E-state index is 0.0121. The van der Waals surface area contributed by atoms with Gasteiger partial charge < -0.3 is 15.6 Å². The standard InChI is InChI=1S/C15H19N3O/c1-9-3-4-13-12(10(9)2)7-14(18-13)15(19)17-11-5-6-16-8-11/h3-4,7,11,16,18H,5-6,8H2,1-2H3,(H,17,19). The molecule has 4 heteroatoms. The molecule has 1 aliphatic rings. The van der Waals surface area contributed by atoms with Gasteiger partial charge in [-0.15, -0.1) is 0 Å². The number of amides is 1. The van der Waals surface area contributed by atoms with Crippen molar-refractivity contribution in [1.29, 1.82) is 0 Å². The number of aromatic amines is 1. The lowest BCUT2D eigenvalue weighted by Crippen LogP contribution is -2.36. The van der Waals surface area contributed by atoms with E-state index < -0.39 is 0 Å². The second-order valence-corrected chi connectivity index (χ2v) is 5.31. The van der Waals surface area contributed by atoms with Gasteiger partial charge in [-0.05, 0) is 50.1 Å². The first-order valence-electron chi connectivity index (χ1n) is 6.75. The van der Waals surface area contributed by atoms with E-state index in [0.29, 0.717) is 5.69 Å². The van der Waals surface area contributed by atoms with Crippen LogP contribution in [-0.2, 0) is 0 Å². The molecule has 0 saturated carbocycles. The van der Waals surface area contributed by atoms with E-state index in [1.165, 1.54) is 11.1 Å². The van der Waals surface area contributed by atoms with Crippen LogP contribution in [0.15, 0.2) is 18.2 Å². The number of fused-ring (bicyclic) bond motifs is 1. The molecule has 0 radical (unpaired) electrons. The number of benzene rings is 1. The van der Waals surface area contributed by atoms with E-state index >= 15 is 0 Å². The molecule has 1 saturated heterocycles. The lowest BCUT2D eigenvalue weighted by atomic mass is 10.1. The summed E-state index contributed by atoms with van der Waals surface area (Å²) in [5, 5.41) is 7.44. The van der Waals surface area contributed by atoms with Crippen molar-refractivity contribution in [3.05, 3.63) is 35.0 Å². The van der Waals surface area contributed by atoms with Gasteiger partial charge in [-0.1, -0.05) is 6.07 Å². The van der Waals surface area contributed by atoms with Gasteiger partial charge in [0.1, 0.15) is 5.69 Å². The molecule has 3 rings (SSSR count). The topological polar surface area (TPSA) is 56.9 Å². The molecule has 19 heavy (non-hydrogen) atoms. The highest BCUT2D eigenvalue weighted by Crippen LogP contribution is 2.22. The van der Waals surface area contributed by atoms with Crippen LogP contribution in [0.5, 0.6) is 0 Å². The molecular weight excluding hydrogens is 238 g/mol. The molecule has 0 spiro atoms. The fourth-order valence-corrected chi connectivity index (χ4v) is 2.62. The number of nitrogens with one attached hydrogen (secondary N) is 3. The third-order valence-corrected chi connectivity index (χ3v) is 3.98. The lowest BCUT2D eigenvalue weighted by Gasteiger charge is -2.09. The Labute approximate surface area is 112 Å². The van der Waals surface area contributed by atoms with Crippen molar-refractivity contribution in [3.8, 4) is 0 Å². The number of aryl methyl sites for hydroxylation is 2. The lowest BCUT2D eigenvalue weighted by molar-refractivity contribution is 0.0936. The smallest absolute Gasteiger partial charge is 0.267 e. The average Bonchev–Trinajstić information content (AvgIpc) is 3.02. The van der Waals surface area contributed by atoms with Gasteiger partial charge in [0.15, 0.2) is 0 Å². The molecule has 2 heterocycles. The van der Waals surface area contributed by atoms with E-state index in [2.05, 4.69) is 35.5 Å². The van der Waals surface area contributed by atoms with Crippen LogP contribution in [0, 0.1) is 13.8 Å². The Balaban J connectivity index is 1.88. The maximum atomic E-state index is 12.2. The third kappa shape index (κ3) is 2.24. The first-order chi connectivity index (χ1) is 9.15. The highest BCUT2D eigenvalue weighted by molar-refractivity contribution is 5.99. The molecule has 100 valence electrons. The zero-order valence-corrected chi connectivity index (χ0v) is 11.3. The Morgan fingerprint density at radius 2 is 2.21 bits per heavy atom. The zero-order chi connectivity index (χ0) is 13.4. The molecule has 1 fully saturated rings. The number of rotatable bonds is 2. The fourth-order valence-electron chi connectivity index (χ4n) is 2.62. The Bertz CT molecular complexity index is 624. The van der Waals surface area contributed by atoms with Gasteiger partial charge in [-0.3, -0.25) is 4.79 Å². The van der Waals surface area contributed by atoms with Crippen molar-refractivity contribution in [2.75, 3.05) is 13.1 Å². The minimum atomic E-state index is -0.0121. The third-order valence-electron chi connectivity index (χ3n) is 3.98. The maximum Gasteiger partial charge on any atom is 0.267 e. The van der Waals surface area contributed by atoms with Crippen LogP contribution in [0.3, 0.4) is 0 Å². The number of carbonyl (C=O) groups is 1. The predicted molar refractivity (Wildman–Crippen MR) is 76.5 cm³/mol. The summed E-state index contributed by atoms with van der Waals surface area (Å²) in [6, 6.07) is 6.32. The van der Waals surface area contributed by atoms with Crippen LogP contribution in [0.4, 0.5) is 0 Å². The van der Waals surface area contributed by atoms with Gasteiger partial charge >= 0.3 is 0 Å². The molecule has 4 nitrogen and oxygen atoms in total. The average molecular weight is 257 g/mol. The summed E-state index contributed by atoms with van der Waals surface area (Å²) in [4.78, 5) is 15.4. The van der Waals surface area contributed by atoms with Gasteiger partial charge in [0.05, 0.1) is 0 Å². The summed E-state index contributed by atoms with van der Waals surface area (Å²) < 4.78 is 0. The second-order valence-electron chi connectivity index (χ2n) is 5.31. The molecule has 0 bridgehead atoms. The molecule has 2 aromatic rings. The van der Waals surface area contributed by atoms with Gasteiger partial charge in [0, 0.05) is 23.5 Å². The normalized spacial score (nSPS) is 18.9. The van der Waals surface area contributed by atoms with Gasteiger partial charge in [-0.2, -0.15) is 0 Å². The number of carbonyl (C=O) groups excluding carboxylic acids is 1. The summed E-state index contributed by atoms with van der Waals surface area (Å²) in [5.74, 6) is -0.0121. The van der Waals surface area contributed by atoms with Crippen LogP contribution in [0.2, 0.25) is 0 Å². The Morgan fingerprint density at radius 3 is 2.95 bits per heavy atom. The van der Waals surface area contributed by atoms with Crippen molar-refractivity contribution in [1.82, 2.24) is 15.6 Å². The van der Waals surface area contributed by atoms with E-state index in [1.54, 1.807) is 0 Å². The van der Waals surface area contributed by atoms with Gasteiger partial charge in [0.2, 0.25) is 0 Å². The highest BCUT2D eigenvalue weighted by Gasteiger charge is 2.18. The zero-order valence-electron chi connectivity index (χ0n) is 11.3. The first kappa shape index (κ1) is 12.2. The summed E-state index contributed by atoms with van der Waals surface area (Å²) in [7, 11) is 0. The van der Waals surface area contributed by atoms with E-state index in [-0.39, 0.29) is 11.9 Å². The number of aromatic nitrogens is 1. The SMILES string of the molecule is Cc1ccc2[nH]c(C(=O)NC3CCNC3)cc2c1C. The van der Waals surface area contributed by atoms with Crippen molar-refractivity contribution in [2.45, 2.75) is 26.3 Å². The molecule has 1 atom stereocenters.